The molecule has 1 amide bonds. The van der Waals surface area contributed by atoms with Crippen molar-refractivity contribution < 1.29 is 17.6 Å². The van der Waals surface area contributed by atoms with E-state index in [0.29, 0.717) is 11.4 Å². The van der Waals surface area contributed by atoms with E-state index in [9.17, 15) is 17.6 Å². The minimum absolute atomic E-state index is 0.00168. The zero-order valence-corrected chi connectivity index (χ0v) is 14.0. The minimum Gasteiger partial charge on any atom is -0.314 e. The minimum atomic E-state index is -3.98. The maximum absolute atomic E-state index is 13.5. The first-order valence-electron chi connectivity index (χ1n) is 6.71. The van der Waals surface area contributed by atoms with Gasteiger partial charge in [-0.3, -0.25) is 14.6 Å². The highest BCUT2D eigenvalue weighted by Gasteiger charge is 2.24. The van der Waals surface area contributed by atoms with Crippen LogP contribution in [0.2, 0.25) is 0 Å². The largest absolute Gasteiger partial charge is 0.314 e. The summed E-state index contributed by atoms with van der Waals surface area (Å²) < 4.78 is 41.0. The number of aromatic nitrogens is 2. The number of rotatable bonds is 4. The van der Waals surface area contributed by atoms with Crippen molar-refractivity contribution in [2.45, 2.75) is 25.7 Å². The Hall–Kier alpha value is -2.42. The van der Waals surface area contributed by atoms with Crippen LogP contribution in [-0.4, -0.2) is 31.6 Å². The number of sulfonamides is 1. The van der Waals surface area contributed by atoms with Crippen molar-refractivity contribution in [3.05, 3.63) is 35.4 Å². The van der Waals surface area contributed by atoms with Crippen molar-refractivity contribution in [2.75, 3.05) is 16.7 Å². The van der Waals surface area contributed by atoms with Crippen LogP contribution in [0.15, 0.2) is 23.1 Å². The van der Waals surface area contributed by atoms with E-state index in [1.807, 2.05) is 0 Å². The fraction of sp³-hybridized carbons (Fsp3) is 0.286. The van der Waals surface area contributed by atoms with Gasteiger partial charge in [-0.1, -0.05) is 0 Å². The molecule has 0 bridgehead atoms. The molecule has 0 unspecified atom stereocenters. The lowest BCUT2D eigenvalue weighted by Gasteiger charge is -2.20. The molecule has 23 heavy (non-hydrogen) atoms. The molecule has 0 aliphatic rings. The van der Waals surface area contributed by atoms with Gasteiger partial charge >= 0.3 is 0 Å². The molecule has 1 aromatic carbocycles. The zero-order chi connectivity index (χ0) is 17.4. The normalized spacial score (nSPS) is 11.3. The Morgan fingerprint density at radius 3 is 2.52 bits per heavy atom. The Labute approximate surface area is 133 Å². The van der Waals surface area contributed by atoms with Gasteiger partial charge in [0.05, 0.1) is 22.8 Å². The van der Waals surface area contributed by atoms with Crippen molar-refractivity contribution in [1.82, 2.24) is 10.2 Å². The molecular weight excluding hydrogens is 323 g/mol. The summed E-state index contributed by atoms with van der Waals surface area (Å²) in [5, 5.41) is 6.43. The van der Waals surface area contributed by atoms with Gasteiger partial charge in [0.15, 0.2) is 0 Å². The predicted octanol–water partition coefficient (Wildman–Crippen LogP) is 1.95. The van der Waals surface area contributed by atoms with Crippen LogP contribution in [-0.2, 0) is 14.8 Å². The van der Waals surface area contributed by atoms with Gasteiger partial charge in [-0.25, -0.2) is 12.8 Å². The number of carbonyl (C=O) groups excluding carboxylic acids is 1. The second-order valence-electron chi connectivity index (χ2n) is 5.11. The lowest BCUT2D eigenvalue weighted by Crippen LogP contribution is -2.25. The van der Waals surface area contributed by atoms with Crippen molar-refractivity contribution in [3.63, 3.8) is 0 Å². The van der Waals surface area contributed by atoms with E-state index < -0.39 is 15.8 Å². The van der Waals surface area contributed by atoms with E-state index in [0.717, 1.165) is 12.1 Å². The first kappa shape index (κ1) is 16.9. The number of aryl methyl sites for hydroxylation is 2. The van der Waals surface area contributed by atoms with Gasteiger partial charge in [0.25, 0.3) is 10.0 Å². The van der Waals surface area contributed by atoms with E-state index in [-0.39, 0.29) is 22.2 Å². The van der Waals surface area contributed by atoms with Crippen molar-refractivity contribution >= 4 is 27.3 Å². The maximum Gasteiger partial charge on any atom is 0.265 e. The van der Waals surface area contributed by atoms with Gasteiger partial charge in [-0.05, 0) is 26.0 Å². The molecule has 0 spiro atoms. The summed E-state index contributed by atoms with van der Waals surface area (Å²) in [5.41, 5.74) is 0.893. The topological polar surface area (TPSA) is 95.2 Å². The smallest absolute Gasteiger partial charge is 0.265 e. The van der Waals surface area contributed by atoms with Crippen molar-refractivity contribution in [1.29, 1.82) is 0 Å². The standard InChI is InChI=1S/C14H17FN4O3S/c1-8-14(9(2)17-16-8)23(21,22)18-12-7-11(15)5-6-13(12)19(4)10(3)20/h5-7,18H,1-4H3,(H,16,17). The maximum atomic E-state index is 13.5. The summed E-state index contributed by atoms with van der Waals surface area (Å²) in [4.78, 5) is 12.8. The molecule has 0 atom stereocenters. The van der Waals surface area contributed by atoms with Gasteiger partial charge in [0.1, 0.15) is 10.7 Å². The van der Waals surface area contributed by atoms with Gasteiger partial charge < -0.3 is 4.90 Å². The molecule has 2 aromatic rings. The average molecular weight is 340 g/mol. The number of anilines is 2. The molecule has 0 saturated heterocycles. The third-order valence-electron chi connectivity index (χ3n) is 3.37. The van der Waals surface area contributed by atoms with Crippen LogP contribution in [0, 0.1) is 19.7 Å². The van der Waals surface area contributed by atoms with Crippen LogP contribution in [0.3, 0.4) is 0 Å². The molecule has 0 aliphatic carbocycles. The quantitative estimate of drug-likeness (QED) is 0.889. The second-order valence-corrected chi connectivity index (χ2v) is 6.73. The SMILES string of the molecule is CC(=O)N(C)c1ccc(F)cc1NS(=O)(=O)c1c(C)n[nH]c1C. The highest BCUT2D eigenvalue weighted by atomic mass is 32.2. The molecule has 9 heteroatoms. The van der Waals surface area contributed by atoms with Crippen molar-refractivity contribution in [3.8, 4) is 0 Å². The summed E-state index contributed by atoms with van der Waals surface area (Å²) in [6.07, 6.45) is 0. The van der Waals surface area contributed by atoms with E-state index in [1.165, 1.54) is 24.9 Å². The Morgan fingerprint density at radius 1 is 1.35 bits per heavy atom. The number of hydrogen-bond acceptors (Lipinski definition) is 4. The number of aromatic amines is 1. The fourth-order valence-electron chi connectivity index (χ4n) is 2.18. The second kappa shape index (κ2) is 5.99. The van der Waals surface area contributed by atoms with Gasteiger partial charge in [0.2, 0.25) is 5.91 Å². The highest BCUT2D eigenvalue weighted by molar-refractivity contribution is 7.92. The summed E-state index contributed by atoms with van der Waals surface area (Å²) in [7, 11) is -2.50. The summed E-state index contributed by atoms with van der Waals surface area (Å²) >= 11 is 0. The van der Waals surface area contributed by atoms with Crippen LogP contribution in [0.25, 0.3) is 0 Å². The number of benzene rings is 1. The number of nitrogens with one attached hydrogen (secondary N) is 2. The number of H-pyrrole nitrogens is 1. The van der Waals surface area contributed by atoms with Crippen LogP contribution in [0.4, 0.5) is 15.8 Å². The van der Waals surface area contributed by atoms with E-state index in [2.05, 4.69) is 14.9 Å². The predicted molar refractivity (Wildman–Crippen MR) is 84.4 cm³/mol. The Bertz CT molecular complexity index is 841. The molecule has 1 aromatic heterocycles. The number of nitrogens with zero attached hydrogens (tertiary/aromatic N) is 2. The van der Waals surface area contributed by atoms with Crippen LogP contribution < -0.4 is 9.62 Å². The van der Waals surface area contributed by atoms with E-state index in [4.69, 9.17) is 0 Å². The van der Waals surface area contributed by atoms with Gasteiger partial charge in [-0.2, -0.15) is 5.10 Å². The Kier molecular flexibility index (Phi) is 4.42. The van der Waals surface area contributed by atoms with Crippen LogP contribution in [0.1, 0.15) is 18.3 Å². The molecule has 0 saturated carbocycles. The fourth-order valence-corrected chi connectivity index (χ4v) is 3.62. The monoisotopic (exact) mass is 340 g/mol. The summed E-state index contributed by atoms with van der Waals surface area (Å²) in [6, 6.07) is 3.52. The van der Waals surface area contributed by atoms with Gasteiger partial charge in [-0.15, -0.1) is 0 Å². The molecule has 124 valence electrons. The van der Waals surface area contributed by atoms with Crippen molar-refractivity contribution in [2.24, 2.45) is 0 Å². The third-order valence-corrected chi connectivity index (χ3v) is 4.99. The molecule has 0 radical (unpaired) electrons. The summed E-state index contributed by atoms with van der Waals surface area (Å²) in [5.74, 6) is -0.934. The van der Waals surface area contributed by atoms with Crippen LogP contribution >= 0.6 is 0 Å². The lowest BCUT2D eigenvalue weighted by molar-refractivity contribution is -0.116. The molecule has 2 rings (SSSR count). The average Bonchev–Trinajstić information content (AvgIpc) is 2.77. The number of carbonyl (C=O) groups is 1. The lowest BCUT2D eigenvalue weighted by atomic mass is 10.2. The highest BCUT2D eigenvalue weighted by Crippen LogP contribution is 2.29. The molecule has 1 heterocycles. The number of amides is 1. The first-order valence-corrected chi connectivity index (χ1v) is 8.20. The number of halogens is 1. The Balaban J connectivity index is 2.51. The van der Waals surface area contributed by atoms with Crippen LogP contribution in [0.5, 0.6) is 0 Å². The molecular formula is C14H17FN4O3S. The number of hydrogen-bond donors (Lipinski definition) is 2. The van der Waals surface area contributed by atoms with E-state index in [1.54, 1.807) is 13.8 Å². The third kappa shape index (κ3) is 3.34. The molecule has 2 N–H and O–H groups in total. The molecule has 0 aliphatic heterocycles. The van der Waals surface area contributed by atoms with Gasteiger partial charge in [0, 0.05) is 20.0 Å². The molecule has 7 nitrogen and oxygen atoms in total. The Morgan fingerprint density at radius 2 is 2.00 bits per heavy atom. The molecule has 0 fully saturated rings. The van der Waals surface area contributed by atoms with E-state index >= 15 is 0 Å². The summed E-state index contributed by atoms with van der Waals surface area (Å²) in [6.45, 7) is 4.45. The zero-order valence-electron chi connectivity index (χ0n) is 13.1. The first-order chi connectivity index (χ1) is 10.6.